The summed E-state index contributed by atoms with van der Waals surface area (Å²) in [6, 6.07) is 0. The zero-order valence-electron chi connectivity index (χ0n) is 10.6. The predicted octanol–water partition coefficient (Wildman–Crippen LogP) is -0.130. The number of nitrogens with zero attached hydrogens (tertiary/aromatic N) is 2. The van der Waals surface area contributed by atoms with Crippen molar-refractivity contribution in [3.8, 4) is 0 Å². The molecule has 0 amide bonds. The van der Waals surface area contributed by atoms with Gasteiger partial charge in [0.05, 0.1) is 12.9 Å². The molecule has 0 bridgehead atoms. The lowest BCUT2D eigenvalue weighted by Gasteiger charge is -2.08. The van der Waals surface area contributed by atoms with Crippen molar-refractivity contribution in [1.29, 1.82) is 0 Å². The van der Waals surface area contributed by atoms with E-state index in [4.69, 9.17) is 5.11 Å². The third-order valence-electron chi connectivity index (χ3n) is 2.17. The van der Waals surface area contributed by atoms with Gasteiger partial charge in [-0.2, -0.15) is 0 Å². The maximum absolute atomic E-state index is 11.7. The average molecular weight is 303 g/mol. The van der Waals surface area contributed by atoms with E-state index >= 15 is 0 Å². The second-order valence-electron chi connectivity index (χ2n) is 3.66. The molecule has 20 heavy (non-hydrogen) atoms. The number of aromatic carboxylic acids is 1. The van der Waals surface area contributed by atoms with Crippen LogP contribution < -0.4 is 4.72 Å². The van der Waals surface area contributed by atoms with E-state index in [0.717, 1.165) is 6.20 Å². The van der Waals surface area contributed by atoms with Gasteiger partial charge in [-0.1, -0.05) is 0 Å². The number of carboxylic acids is 1. The Hall–Kier alpha value is -2.23. The third-order valence-corrected chi connectivity index (χ3v) is 3.51. The van der Waals surface area contributed by atoms with Crippen molar-refractivity contribution in [2.24, 2.45) is 0 Å². The number of aromatic nitrogens is 2. The lowest BCUT2D eigenvalue weighted by molar-refractivity contribution is -0.140. The normalized spacial score (nSPS) is 10.8. The van der Waals surface area contributed by atoms with Crippen molar-refractivity contribution in [1.82, 2.24) is 9.97 Å². The van der Waals surface area contributed by atoms with Crippen LogP contribution in [0.1, 0.15) is 23.3 Å². The first-order valence-corrected chi connectivity index (χ1v) is 7.12. The predicted molar refractivity (Wildman–Crippen MR) is 67.7 cm³/mol. The molecule has 0 saturated heterocycles. The Morgan fingerprint density at radius 2 is 2.00 bits per heavy atom. The van der Waals surface area contributed by atoms with E-state index in [2.05, 4.69) is 14.7 Å². The van der Waals surface area contributed by atoms with Gasteiger partial charge in [-0.25, -0.2) is 23.2 Å². The second-order valence-corrected chi connectivity index (χ2v) is 5.50. The number of carbonyl (C=O) groups is 2. The summed E-state index contributed by atoms with van der Waals surface area (Å²) in [6.07, 6.45) is 2.30. The molecule has 2 N–H and O–H groups in total. The molecule has 0 aliphatic heterocycles. The molecule has 0 aliphatic carbocycles. The highest BCUT2D eigenvalue weighted by molar-refractivity contribution is 7.92. The highest BCUT2D eigenvalue weighted by Gasteiger charge is 2.18. The van der Waals surface area contributed by atoms with Crippen LogP contribution in [0.2, 0.25) is 0 Å². The maximum Gasteiger partial charge on any atom is 0.358 e. The number of sulfonamides is 1. The molecule has 0 unspecified atom stereocenters. The Bertz CT molecular complexity index is 601. The highest BCUT2D eigenvalue weighted by Crippen LogP contribution is 2.11. The van der Waals surface area contributed by atoms with E-state index in [1.54, 1.807) is 0 Å². The molecule has 0 aliphatic rings. The number of esters is 1. The van der Waals surface area contributed by atoms with Gasteiger partial charge in [0, 0.05) is 18.8 Å². The van der Waals surface area contributed by atoms with Crippen LogP contribution in [-0.4, -0.2) is 48.3 Å². The quantitative estimate of drug-likeness (QED) is 0.665. The Balaban J connectivity index is 2.72. The summed E-state index contributed by atoms with van der Waals surface area (Å²) >= 11 is 0. The van der Waals surface area contributed by atoms with Crippen molar-refractivity contribution in [2.45, 2.75) is 12.8 Å². The van der Waals surface area contributed by atoms with E-state index < -0.39 is 27.7 Å². The monoisotopic (exact) mass is 303 g/mol. The van der Waals surface area contributed by atoms with Crippen LogP contribution in [0.3, 0.4) is 0 Å². The number of carboxylic acid groups (broad SMARTS) is 1. The van der Waals surface area contributed by atoms with Gasteiger partial charge in [-0.3, -0.25) is 9.52 Å². The van der Waals surface area contributed by atoms with Crippen LogP contribution in [0.25, 0.3) is 0 Å². The van der Waals surface area contributed by atoms with E-state index in [1.165, 1.54) is 13.3 Å². The van der Waals surface area contributed by atoms with Crippen LogP contribution in [-0.2, 0) is 19.6 Å². The minimum Gasteiger partial charge on any atom is -0.476 e. The first-order chi connectivity index (χ1) is 9.35. The van der Waals surface area contributed by atoms with Crippen molar-refractivity contribution < 1.29 is 27.9 Å². The summed E-state index contributed by atoms with van der Waals surface area (Å²) in [5.41, 5.74) is -0.496. The third kappa shape index (κ3) is 4.80. The first kappa shape index (κ1) is 15.8. The lowest BCUT2D eigenvalue weighted by atomic mass is 10.3. The number of rotatable bonds is 7. The van der Waals surface area contributed by atoms with Crippen LogP contribution in [0.5, 0.6) is 0 Å². The molecule has 1 aromatic heterocycles. The number of anilines is 1. The molecule has 0 radical (unpaired) electrons. The molecule has 9 nitrogen and oxygen atoms in total. The molecular weight excluding hydrogens is 290 g/mol. The summed E-state index contributed by atoms with van der Waals surface area (Å²) in [5.74, 6) is -2.65. The van der Waals surface area contributed by atoms with Gasteiger partial charge in [0.15, 0.2) is 11.5 Å². The molecule has 0 atom stereocenters. The second kappa shape index (κ2) is 6.80. The summed E-state index contributed by atoms with van der Waals surface area (Å²) in [6.45, 7) is 0. The van der Waals surface area contributed by atoms with E-state index in [9.17, 15) is 18.0 Å². The number of carbonyl (C=O) groups excluding carboxylic acids is 1. The molecule has 110 valence electrons. The Morgan fingerprint density at radius 1 is 1.35 bits per heavy atom. The number of hydrogen-bond acceptors (Lipinski definition) is 7. The van der Waals surface area contributed by atoms with Crippen molar-refractivity contribution in [3.05, 3.63) is 18.1 Å². The zero-order chi connectivity index (χ0) is 15.2. The molecule has 0 spiro atoms. The fourth-order valence-corrected chi connectivity index (χ4v) is 2.35. The molecule has 1 aromatic rings. The van der Waals surface area contributed by atoms with Crippen LogP contribution in [0.15, 0.2) is 12.4 Å². The van der Waals surface area contributed by atoms with Gasteiger partial charge in [0.1, 0.15) is 0 Å². The molecule has 0 saturated carbocycles. The Morgan fingerprint density at radius 3 is 2.60 bits per heavy atom. The SMILES string of the molecule is COC(=O)CCCS(=O)(=O)Nc1nccnc1C(=O)O. The molecule has 0 fully saturated rings. The number of hydrogen-bond donors (Lipinski definition) is 2. The topological polar surface area (TPSA) is 136 Å². The average Bonchev–Trinajstić information content (AvgIpc) is 2.38. The van der Waals surface area contributed by atoms with E-state index in [1.807, 2.05) is 4.72 Å². The molecule has 0 aromatic carbocycles. The fraction of sp³-hybridized carbons (Fsp3) is 0.400. The minimum absolute atomic E-state index is 0.0463. The molecule has 10 heteroatoms. The van der Waals surface area contributed by atoms with Gasteiger partial charge in [0.2, 0.25) is 10.0 Å². The minimum atomic E-state index is -3.82. The summed E-state index contributed by atoms with van der Waals surface area (Å²) < 4.78 is 29.8. The Kier molecular flexibility index (Phi) is 5.38. The van der Waals surface area contributed by atoms with E-state index in [-0.39, 0.29) is 24.4 Å². The first-order valence-electron chi connectivity index (χ1n) is 5.47. The summed E-state index contributed by atoms with van der Waals surface area (Å²) in [4.78, 5) is 28.9. The largest absolute Gasteiger partial charge is 0.476 e. The standard InChI is InChI=1S/C10H13N3O6S/c1-19-7(14)3-2-6-20(17,18)13-9-8(10(15)16)11-4-5-12-9/h4-5H,2-3,6H2,1H3,(H,12,13)(H,15,16). The van der Waals surface area contributed by atoms with Crippen molar-refractivity contribution >= 4 is 27.8 Å². The van der Waals surface area contributed by atoms with Crippen molar-refractivity contribution in [2.75, 3.05) is 17.6 Å². The van der Waals surface area contributed by atoms with Gasteiger partial charge in [-0.15, -0.1) is 0 Å². The van der Waals surface area contributed by atoms with Crippen molar-refractivity contribution in [3.63, 3.8) is 0 Å². The van der Waals surface area contributed by atoms with E-state index in [0.29, 0.717) is 0 Å². The summed E-state index contributed by atoms with van der Waals surface area (Å²) in [5, 5.41) is 8.84. The number of methoxy groups -OCH3 is 1. The van der Waals surface area contributed by atoms with Gasteiger partial charge in [0.25, 0.3) is 0 Å². The molecule has 1 heterocycles. The number of nitrogens with one attached hydrogen (secondary N) is 1. The van der Waals surface area contributed by atoms with Gasteiger partial charge < -0.3 is 9.84 Å². The molecular formula is C10H13N3O6S. The van der Waals surface area contributed by atoms with Crippen LogP contribution in [0, 0.1) is 0 Å². The lowest BCUT2D eigenvalue weighted by Crippen LogP contribution is -2.20. The van der Waals surface area contributed by atoms with Gasteiger partial charge >= 0.3 is 11.9 Å². The van der Waals surface area contributed by atoms with Crippen LogP contribution >= 0.6 is 0 Å². The van der Waals surface area contributed by atoms with Crippen LogP contribution in [0.4, 0.5) is 5.82 Å². The zero-order valence-corrected chi connectivity index (χ0v) is 11.4. The maximum atomic E-state index is 11.7. The Labute approximate surface area is 115 Å². The van der Waals surface area contributed by atoms with Gasteiger partial charge in [-0.05, 0) is 6.42 Å². The highest BCUT2D eigenvalue weighted by atomic mass is 32.2. The summed E-state index contributed by atoms with van der Waals surface area (Å²) in [7, 11) is -2.62. The fourth-order valence-electron chi connectivity index (χ4n) is 1.28. The molecule has 1 rings (SSSR count). The smallest absolute Gasteiger partial charge is 0.358 e. The number of ether oxygens (including phenoxy) is 1.